The van der Waals surface area contributed by atoms with Gasteiger partial charge in [0.2, 0.25) is 5.91 Å². The fourth-order valence-electron chi connectivity index (χ4n) is 2.49. The van der Waals surface area contributed by atoms with Gasteiger partial charge in [0.05, 0.1) is 12.5 Å². The van der Waals surface area contributed by atoms with Gasteiger partial charge in [0.25, 0.3) is 0 Å². The van der Waals surface area contributed by atoms with Crippen molar-refractivity contribution >= 4 is 5.91 Å². The number of hydrogen-bond acceptors (Lipinski definition) is 3. The fourth-order valence-corrected chi connectivity index (χ4v) is 2.49. The van der Waals surface area contributed by atoms with E-state index in [4.69, 9.17) is 10.5 Å². The Bertz CT molecular complexity index is 456. The summed E-state index contributed by atoms with van der Waals surface area (Å²) in [5.74, 6) is -0.685. The van der Waals surface area contributed by atoms with E-state index in [1.165, 1.54) is 19.2 Å². The second-order valence-electron chi connectivity index (χ2n) is 4.55. The molecule has 1 aliphatic rings. The van der Waals surface area contributed by atoms with Crippen molar-refractivity contribution in [3.63, 3.8) is 0 Å². The van der Waals surface area contributed by atoms with Crippen LogP contribution in [-0.4, -0.2) is 26.1 Å². The molecule has 0 atom stereocenters. The van der Waals surface area contributed by atoms with E-state index >= 15 is 0 Å². The number of benzene rings is 1. The number of carbonyl (C=O) groups is 1. The van der Waals surface area contributed by atoms with Gasteiger partial charge in [-0.2, -0.15) is 0 Å². The lowest BCUT2D eigenvalue weighted by Crippen LogP contribution is -2.48. The lowest BCUT2D eigenvalue weighted by atomic mass is 9.72. The molecule has 1 aromatic carbocycles. The average molecular weight is 252 g/mol. The summed E-state index contributed by atoms with van der Waals surface area (Å²) in [7, 11) is 1.41. The standard InChI is InChI=1S/C13H17FN2O2/c1-18-11-3-2-9(8-10(11)14)13(12(15)17)4-6-16-7-5-13/h2-3,8,16H,4-7H2,1H3,(H2,15,17). The number of hydrogen-bond donors (Lipinski definition) is 2. The van der Waals surface area contributed by atoms with Crippen molar-refractivity contribution in [3.8, 4) is 5.75 Å². The van der Waals surface area contributed by atoms with Crippen LogP contribution in [0.25, 0.3) is 0 Å². The van der Waals surface area contributed by atoms with Crippen LogP contribution in [0.1, 0.15) is 18.4 Å². The highest BCUT2D eigenvalue weighted by atomic mass is 19.1. The molecule has 0 saturated carbocycles. The maximum atomic E-state index is 13.7. The SMILES string of the molecule is COc1ccc(C2(C(N)=O)CCNCC2)cc1F. The summed E-state index contributed by atoms with van der Waals surface area (Å²) in [6.45, 7) is 1.41. The Morgan fingerprint density at radius 2 is 2.11 bits per heavy atom. The van der Waals surface area contributed by atoms with Crippen LogP contribution in [0.4, 0.5) is 4.39 Å². The van der Waals surface area contributed by atoms with Gasteiger partial charge in [0.1, 0.15) is 0 Å². The van der Waals surface area contributed by atoms with Crippen LogP contribution < -0.4 is 15.8 Å². The number of piperidine rings is 1. The van der Waals surface area contributed by atoms with E-state index in [9.17, 15) is 9.18 Å². The van der Waals surface area contributed by atoms with Crippen molar-refractivity contribution in [2.75, 3.05) is 20.2 Å². The Kier molecular flexibility index (Phi) is 3.52. The first kappa shape index (κ1) is 12.8. The molecular formula is C13H17FN2O2. The van der Waals surface area contributed by atoms with E-state index in [0.717, 1.165) is 0 Å². The zero-order chi connectivity index (χ0) is 13.2. The second kappa shape index (κ2) is 4.94. The van der Waals surface area contributed by atoms with Gasteiger partial charge in [0, 0.05) is 0 Å². The van der Waals surface area contributed by atoms with Crippen molar-refractivity contribution in [1.82, 2.24) is 5.32 Å². The molecule has 1 heterocycles. The van der Waals surface area contributed by atoms with Crippen LogP contribution in [0.3, 0.4) is 0 Å². The van der Waals surface area contributed by atoms with Crippen LogP contribution in [0, 0.1) is 5.82 Å². The first-order chi connectivity index (χ1) is 8.60. The van der Waals surface area contributed by atoms with Crippen molar-refractivity contribution in [2.45, 2.75) is 18.3 Å². The molecule has 0 spiro atoms. The minimum Gasteiger partial charge on any atom is -0.494 e. The summed E-state index contributed by atoms with van der Waals surface area (Å²) < 4.78 is 18.6. The maximum Gasteiger partial charge on any atom is 0.228 e. The van der Waals surface area contributed by atoms with Crippen molar-refractivity contribution in [3.05, 3.63) is 29.6 Å². The van der Waals surface area contributed by atoms with Gasteiger partial charge in [-0.1, -0.05) is 6.07 Å². The van der Waals surface area contributed by atoms with Crippen LogP contribution in [0.15, 0.2) is 18.2 Å². The average Bonchev–Trinajstić information content (AvgIpc) is 2.39. The lowest BCUT2D eigenvalue weighted by Gasteiger charge is -2.35. The quantitative estimate of drug-likeness (QED) is 0.841. The number of methoxy groups -OCH3 is 1. The molecule has 0 aliphatic carbocycles. The number of ether oxygens (including phenoxy) is 1. The Morgan fingerprint density at radius 1 is 1.44 bits per heavy atom. The number of amides is 1. The molecule has 0 unspecified atom stereocenters. The van der Waals surface area contributed by atoms with Crippen LogP contribution in [0.5, 0.6) is 5.75 Å². The van der Waals surface area contributed by atoms with Crippen molar-refractivity contribution in [1.29, 1.82) is 0 Å². The number of halogens is 1. The van der Waals surface area contributed by atoms with E-state index in [1.54, 1.807) is 6.07 Å². The number of rotatable bonds is 3. The minimum atomic E-state index is -0.766. The molecule has 5 heteroatoms. The van der Waals surface area contributed by atoms with Crippen molar-refractivity contribution < 1.29 is 13.9 Å². The van der Waals surface area contributed by atoms with Gasteiger partial charge in [-0.05, 0) is 43.6 Å². The highest BCUT2D eigenvalue weighted by Gasteiger charge is 2.39. The molecule has 0 bridgehead atoms. The van der Waals surface area contributed by atoms with Gasteiger partial charge < -0.3 is 15.8 Å². The second-order valence-corrected chi connectivity index (χ2v) is 4.55. The van der Waals surface area contributed by atoms with E-state index < -0.39 is 17.1 Å². The van der Waals surface area contributed by atoms with Gasteiger partial charge in [-0.3, -0.25) is 4.79 Å². The molecule has 1 fully saturated rings. The van der Waals surface area contributed by atoms with Gasteiger partial charge in [-0.25, -0.2) is 4.39 Å². The summed E-state index contributed by atoms with van der Waals surface area (Å²) in [5.41, 5.74) is 5.40. The Balaban J connectivity index is 2.43. The molecule has 1 saturated heterocycles. The number of primary amides is 1. The zero-order valence-corrected chi connectivity index (χ0v) is 10.3. The molecule has 0 radical (unpaired) electrons. The molecule has 1 aliphatic heterocycles. The highest BCUT2D eigenvalue weighted by molar-refractivity contribution is 5.87. The summed E-state index contributed by atoms with van der Waals surface area (Å²) in [6.07, 6.45) is 1.18. The highest BCUT2D eigenvalue weighted by Crippen LogP contribution is 2.35. The summed E-state index contributed by atoms with van der Waals surface area (Å²) in [6, 6.07) is 4.62. The normalized spacial score (nSPS) is 18.3. The molecule has 2 rings (SSSR count). The van der Waals surface area contributed by atoms with E-state index in [-0.39, 0.29) is 5.75 Å². The fraction of sp³-hybridized carbons (Fsp3) is 0.462. The largest absolute Gasteiger partial charge is 0.494 e. The predicted octanol–water partition coefficient (Wildman–Crippen LogP) is 0.941. The molecule has 1 amide bonds. The summed E-state index contributed by atoms with van der Waals surface area (Å²) >= 11 is 0. The Morgan fingerprint density at radius 3 is 2.61 bits per heavy atom. The molecule has 1 aromatic rings. The first-order valence-corrected chi connectivity index (χ1v) is 5.95. The maximum absolute atomic E-state index is 13.7. The first-order valence-electron chi connectivity index (χ1n) is 5.95. The van der Waals surface area contributed by atoms with E-state index in [1.807, 2.05) is 0 Å². The smallest absolute Gasteiger partial charge is 0.228 e. The van der Waals surface area contributed by atoms with Gasteiger partial charge in [0.15, 0.2) is 11.6 Å². The molecule has 0 aromatic heterocycles. The molecule has 98 valence electrons. The summed E-state index contributed by atoms with van der Waals surface area (Å²) in [5, 5.41) is 3.18. The van der Waals surface area contributed by atoms with E-state index in [2.05, 4.69) is 5.32 Å². The lowest BCUT2D eigenvalue weighted by molar-refractivity contribution is -0.124. The molecule has 18 heavy (non-hydrogen) atoms. The number of carbonyl (C=O) groups excluding carboxylic acids is 1. The predicted molar refractivity (Wildman–Crippen MR) is 65.9 cm³/mol. The van der Waals surface area contributed by atoms with Crippen LogP contribution >= 0.6 is 0 Å². The Hall–Kier alpha value is -1.62. The third-order valence-electron chi connectivity index (χ3n) is 3.63. The number of nitrogens with two attached hydrogens (primary N) is 1. The van der Waals surface area contributed by atoms with Crippen LogP contribution in [-0.2, 0) is 10.2 Å². The topological polar surface area (TPSA) is 64.3 Å². The van der Waals surface area contributed by atoms with E-state index in [0.29, 0.717) is 31.5 Å². The zero-order valence-electron chi connectivity index (χ0n) is 10.3. The molecule has 3 N–H and O–H groups in total. The van der Waals surface area contributed by atoms with Crippen LogP contribution in [0.2, 0.25) is 0 Å². The molecule has 4 nitrogen and oxygen atoms in total. The van der Waals surface area contributed by atoms with Gasteiger partial charge in [-0.15, -0.1) is 0 Å². The van der Waals surface area contributed by atoms with Crippen molar-refractivity contribution in [2.24, 2.45) is 5.73 Å². The Labute approximate surface area is 105 Å². The monoisotopic (exact) mass is 252 g/mol. The summed E-state index contributed by atoms with van der Waals surface area (Å²) in [4.78, 5) is 11.8. The minimum absolute atomic E-state index is 0.173. The molecular weight excluding hydrogens is 235 g/mol. The third-order valence-corrected chi connectivity index (χ3v) is 3.63. The van der Waals surface area contributed by atoms with Gasteiger partial charge >= 0.3 is 0 Å². The number of nitrogens with one attached hydrogen (secondary N) is 1. The third kappa shape index (κ3) is 2.06.